The molecule has 0 aliphatic carbocycles. The fourth-order valence-corrected chi connectivity index (χ4v) is 2.82. The van der Waals surface area contributed by atoms with Crippen molar-refractivity contribution in [3.63, 3.8) is 0 Å². The maximum Gasteiger partial charge on any atom is 0.253 e. The van der Waals surface area contributed by atoms with E-state index in [1.165, 1.54) is 4.90 Å². The van der Waals surface area contributed by atoms with Gasteiger partial charge in [-0.05, 0) is 54.4 Å². The molecule has 1 N–H and O–H groups in total. The van der Waals surface area contributed by atoms with Crippen molar-refractivity contribution in [3.8, 4) is 0 Å². The number of benzene rings is 1. The Morgan fingerprint density at radius 2 is 2.10 bits per heavy atom. The summed E-state index contributed by atoms with van der Waals surface area (Å²) in [5, 5.41) is 3.32. The van der Waals surface area contributed by atoms with Crippen LogP contribution < -0.4 is 10.2 Å². The van der Waals surface area contributed by atoms with Gasteiger partial charge < -0.3 is 5.32 Å². The molecule has 108 valence electrons. The third-order valence-corrected chi connectivity index (χ3v) is 4.64. The van der Waals surface area contributed by atoms with Gasteiger partial charge in [-0.3, -0.25) is 14.5 Å². The van der Waals surface area contributed by atoms with Crippen molar-refractivity contribution in [1.29, 1.82) is 0 Å². The van der Waals surface area contributed by atoms with E-state index in [1.807, 2.05) is 6.92 Å². The molecule has 1 aromatic rings. The normalized spacial score (nSPS) is 26.6. The van der Waals surface area contributed by atoms with E-state index >= 15 is 0 Å². The SMILES string of the molecule is CCC1(C)NC(=O)C(C)N(c2cc(Cl)ccc2Br)C1=O. The summed E-state index contributed by atoms with van der Waals surface area (Å²) in [4.78, 5) is 26.4. The second-order valence-electron chi connectivity index (χ2n) is 5.12. The van der Waals surface area contributed by atoms with Crippen LogP contribution in [0.4, 0.5) is 5.69 Å². The third kappa shape index (κ3) is 2.44. The van der Waals surface area contributed by atoms with Crippen LogP contribution >= 0.6 is 27.5 Å². The Balaban J connectivity index is 2.54. The van der Waals surface area contributed by atoms with E-state index < -0.39 is 11.6 Å². The molecule has 1 aromatic carbocycles. The number of carbonyl (C=O) groups is 2. The molecule has 0 radical (unpaired) electrons. The van der Waals surface area contributed by atoms with E-state index in [-0.39, 0.29) is 11.8 Å². The lowest BCUT2D eigenvalue weighted by Crippen LogP contribution is -2.68. The highest BCUT2D eigenvalue weighted by atomic mass is 79.9. The van der Waals surface area contributed by atoms with Crippen LogP contribution in [-0.2, 0) is 9.59 Å². The van der Waals surface area contributed by atoms with Gasteiger partial charge in [0.1, 0.15) is 11.6 Å². The van der Waals surface area contributed by atoms with Crippen LogP contribution in [0.25, 0.3) is 0 Å². The zero-order valence-corrected chi connectivity index (χ0v) is 13.9. The number of rotatable bonds is 2. The van der Waals surface area contributed by atoms with Crippen molar-refractivity contribution < 1.29 is 9.59 Å². The van der Waals surface area contributed by atoms with Crippen molar-refractivity contribution in [2.75, 3.05) is 4.90 Å². The summed E-state index contributed by atoms with van der Waals surface area (Å²) in [6.07, 6.45) is 0.527. The standard InChI is InChI=1S/C14H16BrClN2O2/c1-4-14(3)13(20)18(8(2)12(19)17-14)11-7-9(16)5-6-10(11)15/h5-8H,4H2,1-3H3,(H,17,19). The van der Waals surface area contributed by atoms with Crippen LogP contribution in [-0.4, -0.2) is 23.4 Å². The Labute approximate surface area is 131 Å². The maximum atomic E-state index is 12.7. The number of hydrogen-bond donors (Lipinski definition) is 1. The van der Waals surface area contributed by atoms with Gasteiger partial charge in [-0.2, -0.15) is 0 Å². The molecule has 6 heteroatoms. The lowest BCUT2D eigenvalue weighted by molar-refractivity contribution is -0.137. The van der Waals surface area contributed by atoms with E-state index in [2.05, 4.69) is 21.2 Å². The average Bonchev–Trinajstić information content (AvgIpc) is 2.41. The molecule has 2 rings (SSSR count). The van der Waals surface area contributed by atoms with Crippen LogP contribution in [0, 0.1) is 0 Å². The summed E-state index contributed by atoms with van der Waals surface area (Å²) < 4.78 is 0.732. The van der Waals surface area contributed by atoms with Gasteiger partial charge in [0.25, 0.3) is 5.91 Å². The second-order valence-corrected chi connectivity index (χ2v) is 6.41. The molecule has 1 saturated heterocycles. The molecule has 1 heterocycles. The molecule has 1 aliphatic rings. The van der Waals surface area contributed by atoms with Gasteiger partial charge in [-0.1, -0.05) is 18.5 Å². The Morgan fingerprint density at radius 3 is 2.70 bits per heavy atom. The van der Waals surface area contributed by atoms with E-state index in [0.717, 1.165) is 4.47 Å². The largest absolute Gasteiger partial charge is 0.340 e. The first kappa shape index (κ1) is 15.3. The summed E-state index contributed by atoms with van der Waals surface area (Å²) in [5.41, 5.74) is -0.268. The molecule has 2 unspecified atom stereocenters. The second kappa shape index (κ2) is 5.37. The molecule has 0 bridgehead atoms. The molecular formula is C14H16BrClN2O2. The molecule has 1 aliphatic heterocycles. The van der Waals surface area contributed by atoms with Gasteiger partial charge >= 0.3 is 0 Å². The molecule has 0 spiro atoms. The fourth-order valence-electron chi connectivity index (χ4n) is 2.22. The van der Waals surface area contributed by atoms with Crippen molar-refractivity contribution in [2.24, 2.45) is 0 Å². The summed E-state index contributed by atoms with van der Waals surface area (Å²) >= 11 is 9.43. The minimum absolute atomic E-state index is 0.130. The number of carbonyl (C=O) groups excluding carboxylic acids is 2. The first-order valence-electron chi connectivity index (χ1n) is 6.41. The molecule has 4 nitrogen and oxygen atoms in total. The van der Waals surface area contributed by atoms with Crippen molar-refractivity contribution in [2.45, 2.75) is 38.8 Å². The quantitative estimate of drug-likeness (QED) is 0.882. The molecule has 20 heavy (non-hydrogen) atoms. The van der Waals surface area contributed by atoms with Crippen LogP contribution in [0.1, 0.15) is 27.2 Å². The first-order valence-corrected chi connectivity index (χ1v) is 7.58. The fraction of sp³-hybridized carbons (Fsp3) is 0.429. The average molecular weight is 360 g/mol. The van der Waals surface area contributed by atoms with E-state index in [1.54, 1.807) is 32.0 Å². The van der Waals surface area contributed by atoms with Gasteiger partial charge in [-0.25, -0.2) is 0 Å². The topological polar surface area (TPSA) is 49.4 Å². The van der Waals surface area contributed by atoms with Crippen LogP contribution in [0.5, 0.6) is 0 Å². The zero-order valence-electron chi connectivity index (χ0n) is 11.5. The third-order valence-electron chi connectivity index (χ3n) is 3.73. The van der Waals surface area contributed by atoms with Crippen LogP contribution in [0.2, 0.25) is 5.02 Å². The highest BCUT2D eigenvalue weighted by Crippen LogP contribution is 2.34. The highest BCUT2D eigenvalue weighted by molar-refractivity contribution is 9.10. The summed E-state index contributed by atoms with van der Waals surface area (Å²) in [7, 11) is 0. The zero-order chi connectivity index (χ0) is 15.1. The monoisotopic (exact) mass is 358 g/mol. The number of halogens is 2. The minimum Gasteiger partial charge on any atom is -0.340 e. The van der Waals surface area contributed by atoms with Gasteiger partial charge in [0.15, 0.2) is 0 Å². The van der Waals surface area contributed by atoms with E-state index in [4.69, 9.17) is 11.6 Å². The van der Waals surface area contributed by atoms with Gasteiger partial charge in [0.05, 0.1) is 5.69 Å². The molecule has 0 saturated carbocycles. The molecular weight excluding hydrogens is 344 g/mol. The molecule has 2 atom stereocenters. The molecule has 1 fully saturated rings. The predicted molar refractivity (Wildman–Crippen MR) is 82.9 cm³/mol. The Hall–Kier alpha value is -1.07. The Kier molecular flexibility index (Phi) is 4.12. The number of amides is 2. The summed E-state index contributed by atoms with van der Waals surface area (Å²) in [6.45, 7) is 5.32. The van der Waals surface area contributed by atoms with Crippen LogP contribution in [0.3, 0.4) is 0 Å². The van der Waals surface area contributed by atoms with Gasteiger partial charge in [0.2, 0.25) is 5.91 Å². The number of piperazine rings is 1. The van der Waals surface area contributed by atoms with Crippen molar-refractivity contribution in [1.82, 2.24) is 5.32 Å². The Bertz CT molecular complexity index is 578. The first-order chi connectivity index (χ1) is 9.30. The smallest absolute Gasteiger partial charge is 0.253 e. The lowest BCUT2D eigenvalue weighted by Gasteiger charge is -2.43. The number of nitrogens with one attached hydrogen (secondary N) is 1. The number of hydrogen-bond acceptors (Lipinski definition) is 2. The van der Waals surface area contributed by atoms with E-state index in [0.29, 0.717) is 17.1 Å². The maximum absolute atomic E-state index is 12.7. The van der Waals surface area contributed by atoms with Crippen molar-refractivity contribution in [3.05, 3.63) is 27.7 Å². The number of nitrogens with zero attached hydrogens (tertiary/aromatic N) is 1. The molecule has 2 amide bonds. The lowest BCUT2D eigenvalue weighted by atomic mass is 9.92. The molecule has 0 aromatic heterocycles. The summed E-state index contributed by atoms with van der Waals surface area (Å²) in [6, 6.07) is 4.62. The predicted octanol–water partition coefficient (Wildman–Crippen LogP) is 3.12. The summed E-state index contributed by atoms with van der Waals surface area (Å²) in [5.74, 6) is -0.295. The van der Waals surface area contributed by atoms with Gasteiger partial charge in [-0.15, -0.1) is 0 Å². The van der Waals surface area contributed by atoms with E-state index in [9.17, 15) is 9.59 Å². The Morgan fingerprint density at radius 1 is 1.45 bits per heavy atom. The van der Waals surface area contributed by atoms with Gasteiger partial charge in [0, 0.05) is 9.50 Å². The van der Waals surface area contributed by atoms with Crippen molar-refractivity contribution >= 4 is 45.0 Å². The minimum atomic E-state index is -0.884. The number of anilines is 1. The highest BCUT2D eigenvalue weighted by Gasteiger charge is 2.46. The van der Waals surface area contributed by atoms with Crippen LogP contribution in [0.15, 0.2) is 22.7 Å².